The zero-order chi connectivity index (χ0) is 21.9. The fourth-order valence-electron chi connectivity index (χ4n) is 4.36. The van der Waals surface area contributed by atoms with E-state index < -0.39 is 0 Å². The average Bonchev–Trinajstić information content (AvgIpc) is 2.78. The number of nitrogens with zero attached hydrogens (tertiary/aromatic N) is 2. The summed E-state index contributed by atoms with van der Waals surface area (Å²) < 4.78 is 6.38. The number of carboxylic acid groups (broad SMARTS) is 1. The van der Waals surface area contributed by atoms with Crippen LogP contribution in [0.4, 0.5) is 0 Å². The fraction of sp³-hybridized carbons (Fsp3) is 0.667. The van der Waals surface area contributed by atoms with Gasteiger partial charge in [-0.25, -0.2) is 0 Å². The van der Waals surface area contributed by atoms with Crippen LogP contribution in [0, 0.1) is 5.92 Å². The number of ether oxygens (including phenoxy) is 1. The summed E-state index contributed by atoms with van der Waals surface area (Å²) in [5.74, 6) is 0.730. The molecule has 0 aromatic heterocycles. The van der Waals surface area contributed by atoms with Crippen LogP contribution in [0.2, 0.25) is 0 Å². The number of carbonyl (C=O) groups is 2. The van der Waals surface area contributed by atoms with Crippen LogP contribution in [-0.4, -0.2) is 71.7 Å². The van der Waals surface area contributed by atoms with E-state index in [1.807, 2.05) is 35.2 Å². The molecule has 2 aliphatic rings. The number of rotatable bonds is 6. The smallest absolute Gasteiger partial charge is 0.290 e. The quantitative estimate of drug-likeness (QED) is 0.710. The molecule has 1 N–H and O–H groups in total. The predicted octanol–water partition coefficient (Wildman–Crippen LogP) is 3.91. The second-order valence-electron chi connectivity index (χ2n) is 8.63. The zero-order valence-corrected chi connectivity index (χ0v) is 18.7. The Kier molecular flexibility index (Phi) is 10.3. The van der Waals surface area contributed by atoms with Crippen molar-refractivity contribution in [2.75, 3.05) is 26.2 Å². The Morgan fingerprint density at radius 2 is 1.83 bits per heavy atom. The Hall–Kier alpha value is -1.92. The van der Waals surface area contributed by atoms with Crippen molar-refractivity contribution in [2.24, 2.45) is 5.92 Å². The molecule has 0 bridgehead atoms. The third-order valence-electron chi connectivity index (χ3n) is 6.13. The molecular formula is C24H38N2O4. The SMILES string of the molecule is CCCC[C@@H]1CN(C2CCN(C(=O)c3ccccc3)CC2)C[C@H](C(C)C)O1.O=CO. The molecule has 168 valence electrons. The third kappa shape index (κ3) is 7.10. The molecule has 0 saturated carbocycles. The van der Waals surface area contributed by atoms with Gasteiger partial charge in [-0.1, -0.05) is 51.8 Å². The molecule has 1 aromatic carbocycles. The minimum atomic E-state index is -0.250. The lowest BCUT2D eigenvalue weighted by molar-refractivity contribution is -0.122. The van der Waals surface area contributed by atoms with Crippen molar-refractivity contribution in [3.05, 3.63) is 35.9 Å². The Morgan fingerprint density at radius 1 is 1.20 bits per heavy atom. The maximum Gasteiger partial charge on any atom is 0.290 e. The highest BCUT2D eigenvalue weighted by molar-refractivity contribution is 5.94. The van der Waals surface area contributed by atoms with E-state index in [2.05, 4.69) is 25.7 Å². The van der Waals surface area contributed by atoms with Crippen molar-refractivity contribution in [1.29, 1.82) is 0 Å². The van der Waals surface area contributed by atoms with E-state index in [1.165, 1.54) is 19.3 Å². The van der Waals surface area contributed by atoms with Gasteiger partial charge in [-0.2, -0.15) is 0 Å². The first-order chi connectivity index (χ1) is 14.5. The van der Waals surface area contributed by atoms with E-state index in [9.17, 15) is 4.79 Å². The van der Waals surface area contributed by atoms with Crippen LogP contribution in [0.3, 0.4) is 0 Å². The summed E-state index contributed by atoms with van der Waals surface area (Å²) >= 11 is 0. The summed E-state index contributed by atoms with van der Waals surface area (Å²) in [6, 6.07) is 10.3. The van der Waals surface area contributed by atoms with E-state index >= 15 is 0 Å². The van der Waals surface area contributed by atoms with Crippen molar-refractivity contribution < 1.29 is 19.4 Å². The van der Waals surface area contributed by atoms with Gasteiger partial charge in [-0.05, 0) is 37.3 Å². The molecule has 1 aromatic rings. The number of carbonyl (C=O) groups excluding carboxylic acids is 1. The van der Waals surface area contributed by atoms with E-state index in [0.29, 0.717) is 24.2 Å². The molecule has 2 aliphatic heterocycles. The van der Waals surface area contributed by atoms with Gasteiger partial charge in [0.2, 0.25) is 0 Å². The Balaban J connectivity index is 0.00000101. The molecule has 0 aliphatic carbocycles. The highest BCUT2D eigenvalue weighted by atomic mass is 16.5. The van der Waals surface area contributed by atoms with Crippen molar-refractivity contribution in [3.63, 3.8) is 0 Å². The van der Waals surface area contributed by atoms with Gasteiger partial charge >= 0.3 is 0 Å². The maximum absolute atomic E-state index is 12.7. The van der Waals surface area contributed by atoms with Gasteiger partial charge < -0.3 is 14.7 Å². The molecule has 6 heteroatoms. The number of unbranched alkanes of at least 4 members (excludes halogenated alkanes) is 1. The van der Waals surface area contributed by atoms with Gasteiger partial charge in [0.05, 0.1) is 12.2 Å². The van der Waals surface area contributed by atoms with E-state index in [-0.39, 0.29) is 12.4 Å². The Morgan fingerprint density at radius 3 is 2.40 bits per heavy atom. The van der Waals surface area contributed by atoms with Crippen molar-refractivity contribution in [2.45, 2.75) is 71.1 Å². The lowest BCUT2D eigenvalue weighted by atomic mass is 9.96. The summed E-state index contributed by atoms with van der Waals surface area (Å²) in [7, 11) is 0. The highest BCUT2D eigenvalue weighted by Crippen LogP contribution is 2.26. The first-order valence-corrected chi connectivity index (χ1v) is 11.3. The maximum atomic E-state index is 12.7. The summed E-state index contributed by atoms with van der Waals surface area (Å²) in [5, 5.41) is 6.89. The van der Waals surface area contributed by atoms with Gasteiger partial charge in [-0.3, -0.25) is 14.5 Å². The molecule has 1 amide bonds. The number of benzene rings is 1. The topological polar surface area (TPSA) is 70.1 Å². The molecule has 0 spiro atoms. The van der Waals surface area contributed by atoms with Gasteiger partial charge in [-0.15, -0.1) is 0 Å². The lowest BCUT2D eigenvalue weighted by Gasteiger charge is -2.46. The average molecular weight is 419 g/mol. The highest BCUT2D eigenvalue weighted by Gasteiger charge is 2.35. The molecule has 2 saturated heterocycles. The van der Waals surface area contributed by atoms with Crippen LogP contribution in [0.25, 0.3) is 0 Å². The van der Waals surface area contributed by atoms with Crippen molar-refractivity contribution in [1.82, 2.24) is 9.80 Å². The molecule has 0 radical (unpaired) electrons. The third-order valence-corrected chi connectivity index (χ3v) is 6.13. The van der Waals surface area contributed by atoms with Gasteiger partial charge in [0.15, 0.2) is 0 Å². The molecular weight excluding hydrogens is 380 g/mol. The number of piperidine rings is 1. The summed E-state index contributed by atoms with van der Waals surface area (Å²) in [4.78, 5) is 25.7. The van der Waals surface area contributed by atoms with Gasteiger partial charge in [0.25, 0.3) is 12.4 Å². The van der Waals surface area contributed by atoms with E-state index in [4.69, 9.17) is 14.6 Å². The van der Waals surface area contributed by atoms with Crippen molar-refractivity contribution >= 4 is 12.4 Å². The van der Waals surface area contributed by atoms with Crippen LogP contribution in [0.5, 0.6) is 0 Å². The molecule has 6 nitrogen and oxygen atoms in total. The van der Waals surface area contributed by atoms with Crippen molar-refractivity contribution in [3.8, 4) is 0 Å². The minimum absolute atomic E-state index is 0.178. The van der Waals surface area contributed by atoms with Crippen LogP contribution in [0.1, 0.15) is 63.2 Å². The largest absolute Gasteiger partial charge is 0.483 e. The van der Waals surface area contributed by atoms with Crippen LogP contribution in [0.15, 0.2) is 30.3 Å². The van der Waals surface area contributed by atoms with Crippen LogP contribution >= 0.6 is 0 Å². The first kappa shape index (κ1) is 24.4. The summed E-state index contributed by atoms with van der Waals surface area (Å²) in [5.41, 5.74) is 0.807. The predicted molar refractivity (Wildman–Crippen MR) is 119 cm³/mol. The van der Waals surface area contributed by atoms with E-state index in [1.54, 1.807) is 0 Å². The zero-order valence-electron chi connectivity index (χ0n) is 18.7. The lowest BCUT2D eigenvalue weighted by Crippen LogP contribution is -2.55. The standard InChI is InChI=1S/C23H36N2O2.CH2O2/c1-4-5-11-21-16-25(17-22(27-21)18(2)3)20-12-14-24(15-13-20)23(26)19-9-7-6-8-10-19;2-1-3/h6-10,18,20-22H,4-5,11-17H2,1-3H3;1H,(H,2,3)/t21-,22-;/m1./s1. The molecule has 3 rings (SSSR count). The Bertz CT molecular complexity index is 629. The first-order valence-electron chi connectivity index (χ1n) is 11.3. The number of hydrogen-bond acceptors (Lipinski definition) is 4. The Labute approximate surface area is 181 Å². The monoisotopic (exact) mass is 418 g/mol. The van der Waals surface area contributed by atoms with Crippen LogP contribution < -0.4 is 0 Å². The summed E-state index contributed by atoms with van der Waals surface area (Å²) in [6.45, 7) is 10.4. The van der Waals surface area contributed by atoms with E-state index in [0.717, 1.165) is 44.6 Å². The number of amides is 1. The normalized spacial score (nSPS) is 23.0. The second kappa shape index (κ2) is 12.7. The van der Waals surface area contributed by atoms with Gasteiger partial charge in [0.1, 0.15) is 0 Å². The molecule has 2 atom stereocenters. The van der Waals surface area contributed by atoms with Crippen LogP contribution in [-0.2, 0) is 9.53 Å². The molecule has 2 heterocycles. The molecule has 2 fully saturated rings. The molecule has 30 heavy (non-hydrogen) atoms. The number of likely N-dealkylation sites (tertiary alicyclic amines) is 1. The summed E-state index contributed by atoms with van der Waals surface area (Å²) in [6.07, 6.45) is 6.49. The van der Waals surface area contributed by atoms with Gasteiger partial charge in [0, 0.05) is 37.8 Å². The fourth-order valence-corrected chi connectivity index (χ4v) is 4.36. The second-order valence-corrected chi connectivity index (χ2v) is 8.63. The minimum Gasteiger partial charge on any atom is -0.483 e. The molecule has 0 unspecified atom stereocenters. The number of hydrogen-bond donors (Lipinski definition) is 1. The number of morpholine rings is 1.